The van der Waals surface area contributed by atoms with Gasteiger partial charge in [0.15, 0.2) is 12.1 Å². The SMILES string of the molecule is Clc1nc(NC2CC2)c2[nH]c[nH+]c2n1. The number of nitrogens with one attached hydrogen (secondary N) is 3. The van der Waals surface area contributed by atoms with Crippen LogP contribution in [0.4, 0.5) is 5.82 Å². The molecule has 2 aromatic heterocycles. The third-order valence-electron chi connectivity index (χ3n) is 2.23. The number of aromatic amines is 2. The molecule has 3 N–H and O–H groups in total. The van der Waals surface area contributed by atoms with Gasteiger partial charge in [-0.2, -0.15) is 4.98 Å². The van der Waals surface area contributed by atoms with Crippen LogP contribution in [0, 0.1) is 0 Å². The summed E-state index contributed by atoms with van der Waals surface area (Å²) in [5, 5.41) is 3.56. The minimum absolute atomic E-state index is 0.261. The van der Waals surface area contributed by atoms with Gasteiger partial charge in [0.1, 0.15) is 0 Å². The highest BCUT2D eigenvalue weighted by Crippen LogP contribution is 2.26. The molecular weight excluding hydrogens is 202 g/mol. The molecule has 0 aliphatic heterocycles. The van der Waals surface area contributed by atoms with Gasteiger partial charge in [-0.1, -0.05) is 4.98 Å². The van der Waals surface area contributed by atoms with E-state index < -0.39 is 0 Å². The molecule has 1 aliphatic carbocycles. The van der Waals surface area contributed by atoms with E-state index in [1.807, 2.05) is 0 Å². The van der Waals surface area contributed by atoms with Crippen LogP contribution in [0.1, 0.15) is 12.8 Å². The number of halogens is 1. The quantitative estimate of drug-likeness (QED) is 0.727. The van der Waals surface area contributed by atoms with Crippen molar-refractivity contribution in [3.8, 4) is 0 Å². The Morgan fingerprint density at radius 2 is 2.36 bits per heavy atom. The van der Waals surface area contributed by atoms with E-state index in [0.29, 0.717) is 6.04 Å². The normalized spacial score (nSPS) is 16.1. The monoisotopic (exact) mass is 210 g/mol. The molecule has 5 nitrogen and oxygen atoms in total. The second-order valence-electron chi connectivity index (χ2n) is 3.42. The van der Waals surface area contributed by atoms with Gasteiger partial charge in [-0.25, -0.2) is 4.98 Å². The summed E-state index contributed by atoms with van der Waals surface area (Å²) in [6, 6.07) is 0.549. The minimum atomic E-state index is 0.261. The number of imidazole rings is 1. The first-order chi connectivity index (χ1) is 6.83. The molecule has 0 bridgehead atoms. The molecule has 0 aromatic carbocycles. The van der Waals surface area contributed by atoms with Crippen LogP contribution >= 0.6 is 11.6 Å². The molecule has 14 heavy (non-hydrogen) atoms. The van der Waals surface area contributed by atoms with Crippen LogP contribution in [-0.2, 0) is 0 Å². The standard InChI is InChI=1S/C8H8ClN5/c9-8-13-6-5(10-3-11-6)7(14-8)12-4-1-2-4/h3-4H,1-2H2,(H2,10,11,12,13,14)/p+1. The molecule has 0 spiro atoms. The van der Waals surface area contributed by atoms with E-state index in [-0.39, 0.29) is 5.28 Å². The lowest BCUT2D eigenvalue weighted by atomic mass is 10.5. The lowest BCUT2D eigenvalue weighted by Crippen LogP contribution is -2.06. The van der Waals surface area contributed by atoms with Gasteiger partial charge in [-0.05, 0) is 24.4 Å². The lowest BCUT2D eigenvalue weighted by Gasteiger charge is -2.00. The second-order valence-corrected chi connectivity index (χ2v) is 3.75. The van der Waals surface area contributed by atoms with Crippen molar-refractivity contribution >= 4 is 28.6 Å². The average molecular weight is 211 g/mol. The second kappa shape index (κ2) is 2.81. The highest BCUT2D eigenvalue weighted by Gasteiger charge is 2.24. The molecule has 3 rings (SSSR count). The Balaban J connectivity index is 2.13. The number of fused-ring (bicyclic) bond motifs is 1. The van der Waals surface area contributed by atoms with Crippen LogP contribution in [0.15, 0.2) is 6.33 Å². The van der Waals surface area contributed by atoms with Gasteiger partial charge in [-0.3, -0.25) is 4.98 Å². The smallest absolute Gasteiger partial charge is 0.306 e. The number of aromatic nitrogens is 4. The Bertz CT molecular complexity index is 476. The number of hydrogen-bond acceptors (Lipinski definition) is 3. The molecule has 0 saturated heterocycles. The van der Waals surface area contributed by atoms with Crippen molar-refractivity contribution in [2.45, 2.75) is 18.9 Å². The number of hydrogen-bond donors (Lipinski definition) is 2. The van der Waals surface area contributed by atoms with Gasteiger partial charge in [-0.15, -0.1) is 0 Å². The number of H-pyrrole nitrogens is 2. The van der Waals surface area contributed by atoms with Crippen molar-refractivity contribution in [3.63, 3.8) is 0 Å². The van der Waals surface area contributed by atoms with Gasteiger partial charge in [0, 0.05) is 6.04 Å². The maximum absolute atomic E-state index is 5.79. The fraction of sp³-hybridized carbons (Fsp3) is 0.375. The molecule has 0 amide bonds. The van der Waals surface area contributed by atoms with Crippen molar-refractivity contribution < 1.29 is 4.98 Å². The van der Waals surface area contributed by atoms with Gasteiger partial charge in [0.25, 0.3) is 0 Å². The highest BCUT2D eigenvalue weighted by molar-refractivity contribution is 6.28. The Morgan fingerprint density at radius 3 is 3.14 bits per heavy atom. The maximum Gasteiger partial charge on any atom is 0.306 e. The van der Waals surface area contributed by atoms with Gasteiger partial charge in [0.2, 0.25) is 5.52 Å². The van der Waals surface area contributed by atoms with Crippen molar-refractivity contribution in [1.82, 2.24) is 15.0 Å². The molecular formula is C8H9ClN5+. The lowest BCUT2D eigenvalue weighted by molar-refractivity contribution is -0.347. The topological polar surface area (TPSA) is 67.7 Å². The fourth-order valence-electron chi connectivity index (χ4n) is 1.38. The predicted octanol–water partition coefficient (Wildman–Crippen LogP) is 1.000. The van der Waals surface area contributed by atoms with Gasteiger partial charge in [0.05, 0.1) is 0 Å². The van der Waals surface area contributed by atoms with E-state index in [1.54, 1.807) is 6.33 Å². The summed E-state index contributed by atoms with van der Waals surface area (Å²) in [6.45, 7) is 0. The third kappa shape index (κ3) is 1.29. The van der Waals surface area contributed by atoms with Gasteiger partial charge >= 0.3 is 10.9 Å². The zero-order valence-electron chi connectivity index (χ0n) is 7.34. The molecule has 6 heteroatoms. The van der Waals surface area contributed by atoms with Crippen LogP contribution < -0.4 is 10.3 Å². The highest BCUT2D eigenvalue weighted by atomic mass is 35.5. The Hall–Kier alpha value is -1.36. The predicted molar refractivity (Wildman–Crippen MR) is 52.1 cm³/mol. The van der Waals surface area contributed by atoms with Crippen LogP contribution in [0.3, 0.4) is 0 Å². The molecule has 1 aliphatic rings. The fourth-order valence-corrected chi connectivity index (χ4v) is 1.55. The first kappa shape index (κ1) is 7.99. The summed E-state index contributed by atoms with van der Waals surface area (Å²) in [5.41, 5.74) is 1.61. The molecule has 0 atom stereocenters. The molecule has 72 valence electrons. The third-order valence-corrected chi connectivity index (χ3v) is 2.39. The molecule has 2 aromatic rings. The molecule has 0 unspecified atom stereocenters. The van der Waals surface area contributed by atoms with Crippen LogP contribution in [-0.4, -0.2) is 21.0 Å². The van der Waals surface area contributed by atoms with Crippen LogP contribution in [0.2, 0.25) is 5.28 Å². The summed E-state index contributed by atoms with van der Waals surface area (Å²) < 4.78 is 0. The number of anilines is 1. The Morgan fingerprint density at radius 1 is 1.50 bits per heavy atom. The number of rotatable bonds is 2. The van der Waals surface area contributed by atoms with Crippen LogP contribution in [0.25, 0.3) is 11.2 Å². The van der Waals surface area contributed by atoms with E-state index in [2.05, 4.69) is 25.3 Å². The molecule has 0 radical (unpaired) electrons. The summed E-state index contributed by atoms with van der Waals surface area (Å²) in [6.07, 6.45) is 4.12. The summed E-state index contributed by atoms with van der Waals surface area (Å²) in [5.74, 6) is 0.781. The van der Waals surface area contributed by atoms with E-state index in [4.69, 9.17) is 11.6 Å². The first-order valence-electron chi connectivity index (χ1n) is 4.52. The van der Waals surface area contributed by atoms with Gasteiger partial charge < -0.3 is 5.32 Å². The van der Waals surface area contributed by atoms with Crippen molar-refractivity contribution in [3.05, 3.63) is 11.6 Å². The largest absolute Gasteiger partial charge is 0.364 e. The molecule has 1 saturated carbocycles. The number of nitrogens with zero attached hydrogens (tertiary/aromatic N) is 2. The van der Waals surface area contributed by atoms with E-state index in [1.165, 1.54) is 12.8 Å². The van der Waals surface area contributed by atoms with Crippen molar-refractivity contribution in [2.24, 2.45) is 0 Å². The van der Waals surface area contributed by atoms with E-state index in [9.17, 15) is 0 Å². The maximum atomic E-state index is 5.79. The molecule has 2 heterocycles. The van der Waals surface area contributed by atoms with E-state index >= 15 is 0 Å². The average Bonchev–Trinajstić information content (AvgIpc) is 2.81. The Labute approximate surface area is 84.9 Å². The first-order valence-corrected chi connectivity index (χ1v) is 4.89. The summed E-state index contributed by atoms with van der Waals surface area (Å²) >= 11 is 5.79. The van der Waals surface area contributed by atoms with E-state index in [0.717, 1.165) is 17.0 Å². The van der Waals surface area contributed by atoms with Crippen molar-refractivity contribution in [2.75, 3.05) is 5.32 Å². The Kier molecular flexibility index (Phi) is 1.61. The zero-order valence-corrected chi connectivity index (χ0v) is 8.10. The van der Waals surface area contributed by atoms with Crippen LogP contribution in [0.5, 0.6) is 0 Å². The summed E-state index contributed by atoms with van der Waals surface area (Å²) in [7, 11) is 0. The molecule has 1 fully saturated rings. The van der Waals surface area contributed by atoms with Crippen molar-refractivity contribution in [1.29, 1.82) is 0 Å². The zero-order chi connectivity index (χ0) is 9.54. The minimum Gasteiger partial charge on any atom is -0.364 e. The summed E-state index contributed by atoms with van der Waals surface area (Å²) in [4.78, 5) is 14.2.